The summed E-state index contributed by atoms with van der Waals surface area (Å²) < 4.78 is 68.1. The molecule has 0 aliphatic heterocycles. The number of carbonyl (C=O) groups is 14. The minimum absolute atomic E-state index is 0.0339. The van der Waals surface area contributed by atoms with Gasteiger partial charge < -0.3 is 66.3 Å². The van der Waals surface area contributed by atoms with Gasteiger partial charge in [-0.15, -0.1) is 0 Å². The van der Waals surface area contributed by atoms with E-state index in [1.165, 1.54) is 42.5 Å². The lowest BCUT2D eigenvalue weighted by Crippen LogP contribution is -2.11. The highest BCUT2D eigenvalue weighted by molar-refractivity contribution is 5.91. The Hall–Kier alpha value is -14.2. The van der Waals surface area contributed by atoms with E-state index in [0.717, 1.165) is 133 Å². The van der Waals surface area contributed by atoms with E-state index in [1.54, 1.807) is 127 Å². The van der Waals surface area contributed by atoms with Crippen LogP contribution >= 0.6 is 0 Å². The zero-order valence-corrected chi connectivity index (χ0v) is 63.0. The zero-order chi connectivity index (χ0) is 84.2. The molecule has 0 spiro atoms. The highest BCUT2D eigenvalue weighted by Gasteiger charge is 2.08. The van der Waals surface area contributed by atoms with Crippen molar-refractivity contribution in [2.45, 2.75) is 51.4 Å². The van der Waals surface area contributed by atoms with Crippen molar-refractivity contribution in [1.29, 1.82) is 0 Å². The maximum atomic E-state index is 11.8. The molecule has 4 aromatic rings. The third-order valence-electron chi connectivity index (χ3n) is 13.2. The lowest BCUT2D eigenvalue weighted by Gasteiger charge is -2.03. The molecule has 0 N–H and O–H groups in total. The molecule has 4 rings (SSSR count). The summed E-state index contributed by atoms with van der Waals surface area (Å²) in [5.74, 6) is -6.58. The van der Waals surface area contributed by atoms with E-state index in [1.807, 2.05) is 0 Å². The second-order valence-corrected chi connectivity index (χ2v) is 21.8. The van der Waals surface area contributed by atoms with Crippen molar-refractivity contribution < 1.29 is 133 Å². The second-order valence-electron chi connectivity index (χ2n) is 21.8. The molecule has 0 aliphatic rings. The molecule has 0 heterocycles. The van der Waals surface area contributed by atoms with Gasteiger partial charge in [0.05, 0.1) is 26.4 Å². The summed E-state index contributed by atoms with van der Waals surface area (Å²) in [6, 6.07) is 27.3. The maximum Gasteiger partial charge on any atom is 0.335 e. The average Bonchev–Trinajstić information content (AvgIpc) is 0.928. The van der Waals surface area contributed by atoms with Gasteiger partial charge in [0.25, 0.3) is 0 Å². The summed E-state index contributed by atoms with van der Waals surface area (Å²) in [5, 5.41) is 0. The molecular weight excluding hydrogens is 1480 g/mol. The Morgan fingerprint density at radius 2 is 0.325 bits per heavy atom. The van der Waals surface area contributed by atoms with Gasteiger partial charge >= 0.3 is 83.6 Å². The fourth-order valence-corrected chi connectivity index (χ4v) is 7.62. The average molecular weight is 1570 g/mol. The van der Waals surface area contributed by atoms with Crippen molar-refractivity contribution in [2.24, 2.45) is 0 Å². The van der Waals surface area contributed by atoms with Crippen LogP contribution < -0.4 is 9.47 Å². The molecule has 0 fully saturated rings. The molecule has 0 amide bonds. The van der Waals surface area contributed by atoms with Crippen LogP contribution in [0.5, 0.6) is 11.5 Å². The molecule has 604 valence electrons. The molecule has 0 aromatic heterocycles. The van der Waals surface area contributed by atoms with E-state index in [-0.39, 0.29) is 52.9 Å². The number of ether oxygens (including phenoxy) is 14. The molecule has 0 radical (unpaired) electrons. The first kappa shape index (κ1) is 97.8. The minimum Gasteiger partial charge on any atom is -0.463 e. The van der Waals surface area contributed by atoms with Crippen LogP contribution in [-0.4, -0.2) is 163 Å². The molecule has 0 bridgehead atoms. The molecule has 0 saturated heterocycles. The largest absolute Gasteiger partial charge is 0.463 e. The SMILES string of the molecule is C=CC(=O)OCCCCCCOC(=O)/C=C/c1ccc(/C=C/C(=O)OCCOC(=O)C=C)cc1.C=CC(=O)OCCCCCCOC(=O)/C=C/c1ccc(OC(=O)C=C)cc1.C=CC(=O)OCCOC(=O)/C=C/c1ccc(/C=C/C(=O)OCCOC(=O)C=C)cc1.C=CC(=O)OCCOC(=O)/C=C/c1ccc(OC(=O)C=C)cc1. The first-order valence-electron chi connectivity index (χ1n) is 34.9. The Morgan fingerprint density at radius 1 is 0.184 bits per heavy atom. The van der Waals surface area contributed by atoms with Crippen LogP contribution in [0.1, 0.15) is 84.7 Å². The number of hydrogen-bond donors (Lipinski definition) is 0. The highest BCUT2D eigenvalue weighted by Crippen LogP contribution is 2.16. The Balaban J connectivity index is 0.000000767. The van der Waals surface area contributed by atoms with Crippen molar-refractivity contribution in [3.05, 3.63) is 268 Å². The summed E-state index contributed by atoms with van der Waals surface area (Å²) in [5.41, 5.74) is 4.56. The monoisotopic (exact) mass is 1570 g/mol. The van der Waals surface area contributed by atoms with E-state index in [4.69, 9.17) is 52.1 Å². The molecule has 0 aliphatic carbocycles. The molecular formula is C86H92O28. The van der Waals surface area contributed by atoms with Crippen LogP contribution in [0.3, 0.4) is 0 Å². The predicted octanol–water partition coefficient (Wildman–Crippen LogP) is 11.8. The smallest absolute Gasteiger partial charge is 0.335 e. The quantitative estimate of drug-likeness (QED) is 0.0130. The van der Waals surface area contributed by atoms with Crippen molar-refractivity contribution in [3.8, 4) is 11.5 Å². The van der Waals surface area contributed by atoms with Crippen LogP contribution in [0.2, 0.25) is 0 Å². The van der Waals surface area contributed by atoms with E-state index in [2.05, 4.69) is 66.8 Å². The standard InChI is InChI=1S/C26H30O8.C22H22O8.C21H24O6.C17H16O6/c1-3-23(27)31-17-7-5-6-8-18-32-25(29)15-13-21-9-11-22(12-10-21)14-16-26(30)34-20-19-33-24(28)4-2;1-3-19(23)27-13-15-29-21(25)11-9-17-5-7-18(8-6-17)10-12-22(26)30-16-14-28-20(24)4-2;1-3-19(22)25-15-7-5-6-8-16-26-21(24)14-11-17-9-12-18(13-10-17)27-20(23)4-2;1-3-15(18)21-11-12-22-17(20)10-7-13-5-8-14(9-6-13)23-16(19)4-2/h3-4,9-16H,1-2,5-8,17-20H2;3-12H,1-2,13-16H2;3-4,9-14H,1-2,5-8,15-16H2;3-10H,1-2,11-12H2/b15-13+,16-14+;11-9+,12-10+;14-11+;10-7+. The third kappa shape index (κ3) is 54.4. The zero-order valence-electron chi connectivity index (χ0n) is 63.0. The van der Waals surface area contributed by atoms with Crippen LogP contribution in [0.25, 0.3) is 36.5 Å². The van der Waals surface area contributed by atoms with Crippen molar-refractivity contribution in [3.63, 3.8) is 0 Å². The summed E-state index contributed by atoms with van der Waals surface area (Å²) in [6.07, 6.45) is 32.3. The molecule has 114 heavy (non-hydrogen) atoms. The van der Waals surface area contributed by atoms with Gasteiger partial charge in [-0.05, 0) is 145 Å². The van der Waals surface area contributed by atoms with Gasteiger partial charge in [0.15, 0.2) is 0 Å². The Morgan fingerprint density at radius 3 is 0.491 bits per heavy atom. The van der Waals surface area contributed by atoms with Crippen molar-refractivity contribution in [1.82, 2.24) is 0 Å². The van der Waals surface area contributed by atoms with Crippen molar-refractivity contribution in [2.75, 3.05) is 79.3 Å². The van der Waals surface area contributed by atoms with Crippen molar-refractivity contribution >= 4 is 120 Å². The van der Waals surface area contributed by atoms with Crippen LogP contribution in [0, 0.1) is 0 Å². The van der Waals surface area contributed by atoms with E-state index >= 15 is 0 Å². The molecule has 28 nitrogen and oxygen atoms in total. The first-order valence-corrected chi connectivity index (χ1v) is 34.9. The third-order valence-corrected chi connectivity index (χ3v) is 13.2. The molecule has 0 saturated carbocycles. The number of benzene rings is 4. The van der Waals surface area contributed by atoms with Gasteiger partial charge in [0.2, 0.25) is 0 Å². The summed E-state index contributed by atoms with van der Waals surface area (Å²) in [4.78, 5) is 157. The Labute approximate surface area is 660 Å². The highest BCUT2D eigenvalue weighted by atomic mass is 16.6. The number of rotatable bonds is 48. The number of carbonyl (C=O) groups excluding carboxylic acids is 14. The molecule has 0 unspecified atom stereocenters. The van der Waals surface area contributed by atoms with Crippen LogP contribution in [0.15, 0.2) is 235 Å². The van der Waals surface area contributed by atoms with Gasteiger partial charge in [-0.25, -0.2) is 67.1 Å². The first-order chi connectivity index (χ1) is 55.0. The van der Waals surface area contributed by atoms with Gasteiger partial charge in [-0.1, -0.05) is 125 Å². The lowest BCUT2D eigenvalue weighted by molar-refractivity contribution is -0.145. The second kappa shape index (κ2) is 63.7. The number of hydrogen-bond acceptors (Lipinski definition) is 28. The van der Waals surface area contributed by atoms with E-state index in [9.17, 15) is 67.1 Å². The topological polar surface area (TPSA) is 368 Å². The Bertz CT molecular complexity index is 3950. The summed E-state index contributed by atoms with van der Waals surface area (Å²) in [6.45, 7) is 27.3. The van der Waals surface area contributed by atoms with E-state index < -0.39 is 83.6 Å². The maximum absolute atomic E-state index is 11.8. The molecule has 0 atom stereocenters. The van der Waals surface area contributed by atoms with Gasteiger partial charge in [0.1, 0.15) is 64.4 Å². The fourth-order valence-electron chi connectivity index (χ4n) is 7.62. The fraction of sp³-hybridized carbons (Fsp3) is 0.233. The molecule has 28 heteroatoms. The minimum atomic E-state index is -0.585. The molecule has 4 aromatic carbocycles. The number of unbranched alkanes of at least 4 members (excludes halogenated alkanes) is 6. The normalized spacial score (nSPS) is 10.3. The van der Waals surface area contributed by atoms with Gasteiger partial charge in [0, 0.05) is 85.1 Å². The van der Waals surface area contributed by atoms with Gasteiger partial charge in [-0.3, -0.25) is 0 Å². The van der Waals surface area contributed by atoms with Crippen LogP contribution in [-0.2, 0) is 124 Å². The van der Waals surface area contributed by atoms with E-state index in [0.29, 0.717) is 37.9 Å². The van der Waals surface area contributed by atoms with Gasteiger partial charge in [-0.2, -0.15) is 0 Å². The summed E-state index contributed by atoms with van der Waals surface area (Å²) in [7, 11) is 0. The summed E-state index contributed by atoms with van der Waals surface area (Å²) >= 11 is 0. The Kier molecular flexibility index (Phi) is 54.7. The predicted molar refractivity (Wildman–Crippen MR) is 421 cm³/mol. The lowest BCUT2D eigenvalue weighted by atomic mass is 10.1. The van der Waals surface area contributed by atoms with Crippen LogP contribution in [0.4, 0.5) is 0 Å². The number of esters is 14.